The molecule has 564 valence electrons. The molecule has 3 aromatic rings. The summed E-state index contributed by atoms with van der Waals surface area (Å²) in [6.07, 6.45) is -1.83. The van der Waals surface area contributed by atoms with E-state index in [-0.39, 0.29) is 66.2 Å². The molecule has 3 aromatic carbocycles. The van der Waals surface area contributed by atoms with Gasteiger partial charge in [0.15, 0.2) is 11.3 Å². The predicted molar refractivity (Wildman–Crippen MR) is 386 cm³/mol. The number of fused-ring (bicyclic) bond motifs is 4. The average molecular weight is 1450 g/mol. The molecule has 9 rings (SSSR count). The molecule has 1 aliphatic carbocycles. The summed E-state index contributed by atoms with van der Waals surface area (Å²) in [5, 5.41) is 14.2. The number of nitrogens with one attached hydrogen (secondary N) is 5. The molecule has 0 radical (unpaired) electrons. The lowest BCUT2D eigenvalue weighted by atomic mass is 9.98. The number of likely N-dealkylation sites (N-methyl/N-ethyl adjacent to an activating group) is 4. The lowest BCUT2D eigenvalue weighted by molar-refractivity contribution is -0.163. The minimum atomic E-state index is -1.93. The molecule has 0 bridgehead atoms. The van der Waals surface area contributed by atoms with E-state index in [1.165, 1.54) is 74.6 Å². The SMILES string of the molecule is Cc1c2oc3c(C)c(NCc4cccc(Oc5ccccc5)c4)cc(C(=O)N[C@@H]4C(=O)N[C@H](C(C)C)C(=O)N5CCC[C@H]5C(=O)N(C)CC(=O)N(C)[C@@H](C(C)C)C(=O)O[C@@H]4C)c3nc-2c(C(=O)N[C@@H]2C(=O)N[C@H](C(C)C)C(=O)N3CCC[C@H]3C(=O)N(C)CC(=O)N(C)[C@@H](C(C)C)C(=O)O[C@@H]2C)c(N)c1=O. The van der Waals surface area contributed by atoms with Gasteiger partial charge in [-0.2, -0.15) is 0 Å². The number of aromatic nitrogens is 1. The third-order valence-electron chi connectivity index (χ3n) is 20.1. The molecular formula is C75H97N13O17. The van der Waals surface area contributed by atoms with Crippen LogP contribution in [-0.4, -0.2) is 220 Å². The fourth-order valence-electron chi connectivity index (χ4n) is 14.1. The van der Waals surface area contributed by atoms with Crippen molar-refractivity contribution in [2.75, 3.05) is 65.4 Å². The molecule has 30 nitrogen and oxygen atoms in total. The van der Waals surface area contributed by atoms with Crippen LogP contribution in [0, 0.1) is 37.5 Å². The summed E-state index contributed by atoms with van der Waals surface area (Å²) in [4.78, 5) is 203. The second-order valence-electron chi connectivity index (χ2n) is 29.1. The van der Waals surface area contributed by atoms with Gasteiger partial charge in [0.2, 0.25) is 52.7 Å². The Hall–Kier alpha value is -10.7. The van der Waals surface area contributed by atoms with Crippen LogP contribution >= 0.6 is 0 Å². The third kappa shape index (κ3) is 16.6. The Morgan fingerprint density at radius 1 is 0.610 bits per heavy atom. The van der Waals surface area contributed by atoms with E-state index in [0.29, 0.717) is 35.5 Å². The topological polar surface area (TPSA) is 381 Å². The number of carbonyl (C=O) groups is 12. The molecule has 30 heteroatoms. The number of nitrogens with zero attached hydrogens (tertiary/aromatic N) is 7. The van der Waals surface area contributed by atoms with Gasteiger partial charge in [-0.05, 0) is 113 Å². The Bertz CT molecular complexity index is 4250. The molecule has 5 aliphatic heterocycles. The van der Waals surface area contributed by atoms with E-state index in [2.05, 4.69) is 26.6 Å². The second-order valence-corrected chi connectivity index (χ2v) is 29.1. The number of cyclic esters (lactones) is 2. The standard InChI is InChI=1S/C75H97N13O17/c1-36(2)55-72(98)87-29-21-27-49(87)70(96)83(13)34-51(89)85(15)61(38(5)6)74(100)102-42(11)57(68(94)79-55)81-66(92)47-32-48(77-33-44-23-20-26-46(31-44)104-45-24-18-17-19-25-45)40(9)64-59(47)78-60-53(54(76)63(91)41(10)65(60)105-64)67(93)82-58-43(12)103-75(101)62(39(7)8)86(16)52(90)35-84(14)71(97)50-28-22-30-88(50)73(99)56(37(3)4)80-69(58)95/h17-20,23-26,31-32,36-39,42-43,49-50,55-58,61-62,77H,21-22,27-30,33-35,76H2,1-16H3,(H,79,94)(H,80,95)(H,81,92)(H,82,93)/t42-,43-,49+,50+,55-,56-,57+,58+,61+,62+/m1/s1. The number of nitrogens with two attached hydrogens (primary N) is 1. The van der Waals surface area contributed by atoms with Gasteiger partial charge in [0.25, 0.3) is 11.8 Å². The van der Waals surface area contributed by atoms with Gasteiger partial charge >= 0.3 is 11.9 Å². The Labute approximate surface area is 609 Å². The van der Waals surface area contributed by atoms with Crippen LogP contribution in [-0.2, 0) is 64.0 Å². The number of aryl methyl sites for hydroxylation is 1. The molecule has 0 aromatic heterocycles. The zero-order valence-electron chi connectivity index (χ0n) is 62.4. The highest BCUT2D eigenvalue weighted by Crippen LogP contribution is 2.38. The molecule has 6 aliphatic rings. The number of hydrogen-bond acceptors (Lipinski definition) is 20. The number of rotatable bonds is 13. The van der Waals surface area contributed by atoms with Crippen molar-refractivity contribution < 1.29 is 76.2 Å². The first-order valence-electron chi connectivity index (χ1n) is 35.5. The summed E-state index contributed by atoms with van der Waals surface area (Å²) < 4.78 is 25.0. The van der Waals surface area contributed by atoms with Crippen LogP contribution in [0.5, 0.6) is 11.5 Å². The molecule has 10 atom stereocenters. The van der Waals surface area contributed by atoms with Gasteiger partial charge in [0.1, 0.15) is 83.3 Å². The van der Waals surface area contributed by atoms with E-state index < -0.39 is 191 Å². The highest BCUT2D eigenvalue weighted by Gasteiger charge is 2.47. The number of carbonyl (C=O) groups excluding carboxylic acids is 12. The van der Waals surface area contributed by atoms with Crippen LogP contribution in [0.2, 0.25) is 0 Å². The molecule has 105 heavy (non-hydrogen) atoms. The maximum absolute atomic E-state index is 15.9. The van der Waals surface area contributed by atoms with Gasteiger partial charge < -0.3 is 80.3 Å². The van der Waals surface area contributed by atoms with Crippen molar-refractivity contribution in [2.24, 2.45) is 23.7 Å². The Morgan fingerprint density at radius 2 is 1.09 bits per heavy atom. The molecule has 4 fully saturated rings. The second kappa shape index (κ2) is 32.5. The fraction of sp³-hybridized carbons (Fsp3) is 0.520. The number of amides is 10. The largest absolute Gasteiger partial charge is 0.458 e. The van der Waals surface area contributed by atoms with E-state index in [1.807, 2.05) is 24.3 Å². The van der Waals surface area contributed by atoms with Crippen molar-refractivity contribution in [3.63, 3.8) is 0 Å². The van der Waals surface area contributed by atoms with Crippen LogP contribution in [0.4, 0.5) is 11.4 Å². The quantitative estimate of drug-likeness (QED) is 0.0548. The van der Waals surface area contributed by atoms with Crippen molar-refractivity contribution in [2.45, 2.75) is 176 Å². The summed E-state index contributed by atoms with van der Waals surface area (Å²) in [5.41, 5.74) is 4.24. The number of esters is 2. The van der Waals surface area contributed by atoms with Gasteiger partial charge in [0, 0.05) is 64.6 Å². The summed E-state index contributed by atoms with van der Waals surface area (Å²) in [6.45, 7) is 18.4. The van der Waals surface area contributed by atoms with E-state index in [1.54, 1.807) is 92.6 Å². The Balaban J connectivity index is 1.19. The highest BCUT2D eigenvalue weighted by atomic mass is 16.6. The number of anilines is 2. The number of ether oxygens (including phenoxy) is 3. The van der Waals surface area contributed by atoms with Crippen molar-refractivity contribution >= 4 is 93.5 Å². The lowest BCUT2D eigenvalue weighted by Crippen LogP contribution is -2.61. The van der Waals surface area contributed by atoms with E-state index in [9.17, 15) is 43.2 Å². The molecule has 10 amide bonds. The van der Waals surface area contributed by atoms with E-state index in [0.717, 1.165) is 9.80 Å². The van der Waals surface area contributed by atoms with Gasteiger partial charge in [-0.1, -0.05) is 85.7 Å². The smallest absolute Gasteiger partial charge is 0.329 e. The molecule has 5 heterocycles. The molecular weight excluding hydrogens is 1350 g/mol. The van der Waals surface area contributed by atoms with Crippen LogP contribution in [0.1, 0.15) is 132 Å². The minimum Gasteiger partial charge on any atom is -0.458 e. The fourth-order valence-corrected chi connectivity index (χ4v) is 14.1. The van der Waals surface area contributed by atoms with Gasteiger partial charge in [-0.15, -0.1) is 0 Å². The molecule has 0 unspecified atom stereocenters. The molecule has 0 saturated carbocycles. The summed E-state index contributed by atoms with van der Waals surface area (Å²) in [6, 6.07) is 6.62. The van der Waals surface area contributed by atoms with Crippen LogP contribution < -0.4 is 42.5 Å². The number of benzene rings is 4. The lowest BCUT2D eigenvalue weighted by Gasteiger charge is -2.36. The van der Waals surface area contributed by atoms with Crippen LogP contribution in [0.15, 0.2) is 69.9 Å². The zero-order valence-corrected chi connectivity index (χ0v) is 62.4. The number of para-hydroxylation sites is 1. The van der Waals surface area contributed by atoms with Gasteiger partial charge in [-0.25, -0.2) is 14.6 Å². The highest BCUT2D eigenvalue weighted by molar-refractivity contribution is 6.11. The van der Waals surface area contributed by atoms with Crippen molar-refractivity contribution in [1.82, 2.24) is 55.7 Å². The predicted octanol–water partition coefficient (Wildman–Crippen LogP) is 4.13. The summed E-state index contributed by atoms with van der Waals surface area (Å²) in [7, 11) is 5.59. The first-order valence-corrected chi connectivity index (χ1v) is 35.5. The normalized spacial score (nSPS) is 24.0. The first-order chi connectivity index (χ1) is 49.5. The Morgan fingerprint density at radius 3 is 1.56 bits per heavy atom. The summed E-state index contributed by atoms with van der Waals surface area (Å²) in [5.74, 6) is -11.7. The maximum Gasteiger partial charge on any atom is 0.329 e. The van der Waals surface area contributed by atoms with Crippen molar-refractivity contribution in [1.29, 1.82) is 0 Å². The van der Waals surface area contributed by atoms with Crippen LogP contribution in [0.3, 0.4) is 0 Å². The van der Waals surface area contributed by atoms with E-state index in [4.69, 9.17) is 29.3 Å². The maximum atomic E-state index is 15.9. The van der Waals surface area contributed by atoms with Gasteiger partial charge in [-0.3, -0.25) is 52.7 Å². The van der Waals surface area contributed by atoms with Crippen molar-refractivity contribution in [3.8, 4) is 23.0 Å². The number of nitrogen functional groups attached to an aromatic ring is 1. The average Bonchev–Trinajstić information content (AvgIpc) is 1.42. The van der Waals surface area contributed by atoms with Crippen molar-refractivity contribution in [3.05, 3.63) is 98.7 Å². The third-order valence-corrected chi connectivity index (χ3v) is 20.1. The molecule has 7 N–H and O–H groups in total. The molecule has 0 spiro atoms. The minimum absolute atomic E-state index is 0.0822. The summed E-state index contributed by atoms with van der Waals surface area (Å²) >= 11 is 0. The Kier molecular flexibility index (Phi) is 24.3. The van der Waals surface area contributed by atoms with Crippen LogP contribution in [0.25, 0.3) is 22.6 Å². The monoisotopic (exact) mass is 1450 g/mol. The van der Waals surface area contributed by atoms with Gasteiger partial charge in [0.05, 0.1) is 29.9 Å². The zero-order chi connectivity index (χ0) is 77.1. The van der Waals surface area contributed by atoms with E-state index >= 15 is 19.2 Å². The first kappa shape index (κ1) is 78.5. The number of hydrogen-bond donors (Lipinski definition) is 6. The molecule has 4 saturated heterocycles.